The minimum absolute atomic E-state index is 0.0669. The summed E-state index contributed by atoms with van der Waals surface area (Å²) >= 11 is 0. The smallest absolute Gasteiger partial charge is 0.201 e. The number of aliphatic hydroxyl groups is 2. The van der Waals surface area contributed by atoms with E-state index >= 15 is 0 Å². The summed E-state index contributed by atoms with van der Waals surface area (Å²) in [5.74, 6) is -0.0656. The molecule has 0 amide bonds. The lowest BCUT2D eigenvalue weighted by Gasteiger charge is -2.35. The Labute approximate surface area is 191 Å². The van der Waals surface area contributed by atoms with Gasteiger partial charge in [0.05, 0.1) is 11.7 Å². The van der Waals surface area contributed by atoms with Crippen molar-refractivity contribution in [1.29, 1.82) is 0 Å². The Bertz CT molecular complexity index is 1050. The SMILES string of the molecule is CCC(C)[PH](=O)OC(CC)(CC)C[C@H]1OC(n2c(N=[N+]=[N-])nc3c(N)ncnc32)[C@H](O)C1O. The van der Waals surface area contributed by atoms with E-state index < -0.39 is 38.2 Å². The van der Waals surface area contributed by atoms with Gasteiger partial charge in [0.2, 0.25) is 5.95 Å². The number of hydrogen-bond donors (Lipinski definition) is 3. The van der Waals surface area contributed by atoms with Crippen LogP contribution < -0.4 is 5.73 Å². The van der Waals surface area contributed by atoms with E-state index in [1.165, 1.54) is 10.9 Å². The van der Waals surface area contributed by atoms with Gasteiger partial charge in [-0.05, 0) is 29.9 Å². The van der Waals surface area contributed by atoms with Crippen LogP contribution >= 0.6 is 8.03 Å². The zero-order valence-corrected chi connectivity index (χ0v) is 20.1. The summed E-state index contributed by atoms with van der Waals surface area (Å²) in [6.45, 7) is 7.68. The van der Waals surface area contributed by atoms with Crippen molar-refractivity contribution in [2.75, 3.05) is 5.73 Å². The highest BCUT2D eigenvalue weighted by Crippen LogP contribution is 2.45. The zero-order valence-electron chi connectivity index (χ0n) is 19.1. The van der Waals surface area contributed by atoms with Crippen molar-refractivity contribution in [2.45, 2.75) is 89.2 Å². The standard InChI is InChI=1S/C19H31N8O5P/c1-5-10(4)33(30)32-19(6-2,7-3)8-11-13(28)14(29)17(31-11)27-16-12(15(20)22-9-23-16)24-18(27)25-26-21/h9-11,13-14,17,28-29,33H,5-8H2,1-4H3,(H2,20,22,23)/t10?,11-,13?,14-,17?/m1/s1. The molecule has 4 unspecified atom stereocenters. The monoisotopic (exact) mass is 482 g/mol. The number of nitrogens with zero attached hydrogens (tertiary/aromatic N) is 7. The molecule has 0 aliphatic carbocycles. The maximum Gasteiger partial charge on any atom is 0.201 e. The summed E-state index contributed by atoms with van der Waals surface area (Å²) in [6.07, 6.45) is -1.41. The summed E-state index contributed by atoms with van der Waals surface area (Å²) < 4.78 is 26.1. The molecule has 6 atom stereocenters. The molecule has 182 valence electrons. The average Bonchev–Trinajstić information content (AvgIpc) is 3.31. The number of aromatic nitrogens is 4. The molecule has 3 rings (SSSR count). The highest BCUT2D eigenvalue weighted by atomic mass is 31.1. The van der Waals surface area contributed by atoms with E-state index in [1.807, 2.05) is 27.7 Å². The summed E-state index contributed by atoms with van der Waals surface area (Å²) in [5, 5.41) is 25.2. The topological polar surface area (TPSA) is 194 Å². The van der Waals surface area contributed by atoms with Gasteiger partial charge in [-0.1, -0.05) is 27.7 Å². The number of azide groups is 1. The number of fused-ring (bicyclic) bond motifs is 1. The molecule has 0 spiro atoms. The van der Waals surface area contributed by atoms with Gasteiger partial charge in [0.1, 0.15) is 18.5 Å². The fraction of sp³-hybridized carbons (Fsp3) is 0.737. The molecule has 13 nitrogen and oxygen atoms in total. The van der Waals surface area contributed by atoms with E-state index in [4.69, 9.17) is 20.5 Å². The lowest BCUT2D eigenvalue weighted by atomic mass is 9.88. The predicted molar refractivity (Wildman–Crippen MR) is 122 cm³/mol. The number of rotatable bonds is 10. The number of hydrogen-bond acceptors (Lipinski definition) is 10. The van der Waals surface area contributed by atoms with Gasteiger partial charge in [0, 0.05) is 17.0 Å². The van der Waals surface area contributed by atoms with Crippen LogP contribution in [0, 0.1) is 0 Å². The number of anilines is 1. The van der Waals surface area contributed by atoms with Gasteiger partial charge in [-0.15, -0.1) is 0 Å². The Morgan fingerprint density at radius 1 is 1.36 bits per heavy atom. The minimum atomic E-state index is -2.32. The fourth-order valence-corrected chi connectivity index (χ4v) is 5.28. The lowest BCUT2D eigenvalue weighted by molar-refractivity contribution is -0.0669. The zero-order chi connectivity index (χ0) is 24.3. The first-order chi connectivity index (χ1) is 15.7. The van der Waals surface area contributed by atoms with Gasteiger partial charge in [0.25, 0.3) is 0 Å². The van der Waals surface area contributed by atoms with Gasteiger partial charge in [-0.25, -0.2) is 15.0 Å². The maximum absolute atomic E-state index is 12.7. The van der Waals surface area contributed by atoms with Crippen LogP contribution in [-0.2, 0) is 13.8 Å². The first-order valence-corrected chi connectivity index (χ1v) is 12.4. The normalized spacial score (nSPS) is 25.2. The molecule has 33 heavy (non-hydrogen) atoms. The highest BCUT2D eigenvalue weighted by Gasteiger charge is 2.48. The molecule has 3 heterocycles. The van der Waals surface area contributed by atoms with Crippen molar-refractivity contribution in [3.63, 3.8) is 0 Å². The fourth-order valence-electron chi connectivity index (χ4n) is 3.94. The van der Waals surface area contributed by atoms with Crippen LogP contribution in [0.25, 0.3) is 21.6 Å². The van der Waals surface area contributed by atoms with E-state index in [1.54, 1.807) is 0 Å². The molecule has 1 aliphatic heterocycles. The molecule has 1 fully saturated rings. The molecule has 1 aliphatic rings. The Hall–Kier alpha value is -2.27. The largest absolute Gasteiger partial charge is 0.388 e. The third-order valence-electron chi connectivity index (χ3n) is 6.41. The van der Waals surface area contributed by atoms with E-state index in [9.17, 15) is 14.8 Å². The number of ether oxygens (including phenoxy) is 1. The molecule has 0 aromatic carbocycles. The molecule has 14 heteroatoms. The van der Waals surface area contributed by atoms with Crippen LogP contribution in [0.15, 0.2) is 11.4 Å². The molecule has 2 aromatic rings. The van der Waals surface area contributed by atoms with Crippen LogP contribution in [0.1, 0.15) is 59.6 Å². The number of nitrogens with two attached hydrogens (primary N) is 1. The summed E-state index contributed by atoms with van der Waals surface area (Å²) in [7, 11) is -2.32. The second-order valence-electron chi connectivity index (χ2n) is 8.27. The van der Waals surface area contributed by atoms with Crippen LogP contribution in [-0.4, -0.2) is 59.3 Å². The first kappa shape index (κ1) is 25.4. The summed E-state index contributed by atoms with van der Waals surface area (Å²) in [6, 6.07) is 0. The van der Waals surface area contributed by atoms with Crippen molar-refractivity contribution in [1.82, 2.24) is 19.5 Å². The molecule has 0 saturated carbocycles. The molecular formula is C19H31N8O5P. The minimum Gasteiger partial charge on any atom is -0.388 e. The van der Waals surface area contributed by atoms with Crippen LogP contribution in [0.4, 0.5) is 11.8 Å². The van der Waals surface area contributed by atoms with Gasteiger partial charge in [-0.3, -0.25) is 9.13 Å². The Kier molecular flexibility index (Phi) is 7.94. The average molecular weight is 482 g/mol. The van der Waals surface area contributed by atoms with Crippen molar-refractivity contribution >= 4 is 31.0 Å². The Balaban J connectivity index is 1.94. The third kappa shape index (κ3) is 4.84. The molecule has 1 saturated heterocycles. The second kappa shape index (κ2) is 10.3. The molecule has 4 N–H and O–H groups in total. The number of aliphatic hydroxyl groups excluding tert-OH is 2. The number of imidazole rings is 1. The van der Waals surface area contributed by atoms with Crippen molar-refractivity contribution < 1.29 is 24.0 Å². The van der Waals surface area contributed by atoms with E-state index in [0.717, 1.165) is 6.42 Å². The predicted octanol–water partition coefficient (Wildman–Crippen LogP) is 3.21. The molecule has 0 radical (unpaired) electrons. The van der Waals surface area contributed by atoms with Gasteiger partial charge >= 0.3 is 0 Å². The highest BCUT2D eigenvalue weighted by molar-refractivity contribution is 7.40. The Morgan fingerprint density at radius 2 is 2.06 bits per heavy atom. The van der Waals surface area contributed by atoms with Crippen molar-refractivity contribution in [3.8, 4) is 0 Å². The first-order valence-electron chi connectivity index (χ1n) is 11.0. The number of nitrogen functional groups attached to an aromatic ring is 1. The molecule has 0 bridgehead atoms. The van der Waals surface area contributed by atoms with Gasteiger partial charge in [-0.2, -0.15) is 0 Å². The van der Waals surface area contributed by atoms with Crippen LogP contribution in [0.5, 0.6) is 0 Å². The van der Waals surface area contributed by atoms with Gasteiger partial charge < -0.3 is 25.2 Å². The van der Waals surface area contributed by atoms with E-state index in [2.05, 4.69) is 25.0 Å². The molecular weight excluding hydrogens is 451 g/mol. The van der Waals surface area contributed by atoms with Gasteiger partial charge in [0.15, 0.2) is 31.2 Å². The lowest BCUT2D eigenvalue weighted by Crippen LogP contribution is -2.39. The quantitative estimate of drug-likeness (QED) is 0.197. The summed E-state index contributed by atoms with van der Waals surface area (Å²) in [5.41, 5.74) is 14.3. The van der Waals surface area contributed by atoms with Crippen LogP contribution in [0.3, 0.4) is 0 Å². The van der Waals surface area contributed by atoms with Crippen LogP contribution in [0.2, 0.25) is 0 Å². The Morgan fingerprint density at radius 3 is 2.67 bits per heavy atom. The summed E-state index contributed by atoms with van der Waals surface area (Å²) in [4.78, 5) is 15.0. The van der Waals surface area contributed by atoms with E-state index in [0.29, 0.717) is 12.8 Å². The molecule has 2 aromatic heterocycles. The maximum atomic E-state index is 12.7. The van der Waals surface area contributed by atoms with Crippen molar-refractivity contribution in [2.24, 2.45) is 5.11 Å². The second-order valence-corrected chi connectivity index (χ2v) is 10.1. The van der Waals surface area contributed by atoms with Crippen molar-refractivity contribution in [3.05, 3.63) is 16.8 Å². The van der Waals surface area contributed by atoms with E-state index in [-0.39, 0.29) is 35.0 Å². The third-order valence-corrected chi connectivity index (χ3v) is 8.25.